The van der Waals surface area contributed by atoms with Gasteiger partial charge in [0.1, 0.15) is 0 Å². The van der Waals surface area contributed by atoms with Gasteiger partial charge >= 0.3 is 0 Å². The molecule has 3 heteroatoms. The molecule has 16 heavy (non-hydrogen) atoms. The molecule has 88 valence electrons. The smallest absolute Gasteiger partial charge is 0.0961 e. The normalized spacial score (nSPS) is 26.7. The zero-order valence-corrected chi connectivity index (χ0v) is 10.8. The van der Waals surface area contributed by atoms with Crippen molar-refractivity contribution in [3.63, 3.8) is 0 Å². The Morgan fingerprint density at radius 1 is 1.19 bits per heavy atom. The SMILES string of the molecule is Cc1nc(C2CCCC2)sc1C1CCNC1. The van der Waals surface area contributed by atoms with Crippen LogP contribution in [-0.2, 0) is 0 Å². The molecule has 0 radical (unpaired) electrons. The largest absolute Gasteiger partial charge is 0.316 e. The van der Waals surface area contributed by atoms with Gasteiger partial charge in [0.15, 0.2) is 0 Å². The number of nitrogens with one attached hydrogen (secondary N) is 1. The van der Waals surface area contributed by atoms with Gasteiger partial charge < -0.3 is 5.32 Å². The fourth-order valence-corrected chi connectivity index (χ4v) is 4.41. The first-order valence-electron chi connectivity index (χ1n) is 6.52. The predicted molar refractivity (Wildman–Crippen MR) is 68.3 cm³/mol. The Kier molecular flexibility index (Phi) is 2.99. The molecule has 0 bridgehead atoms. The highest BCUT2D eigenvalue weighted by Gasteiger charge is 2.25. The molecule has 1 saturated heterocycles. The highest BCUT2D eigenvalue weighted by Crippen LogP contribution is 2.39. The van der Waals surface area contributed by atoms with Gasteiger partial charge in [-0.15, -0.1) is 11.3 Å². The van der Waals surface area contributed by atoms with Gasteiger partial charge in [-0.2, -0.15) is 0 Å². The quantitative estimate of drug-likeness (QED) is 0.853. The molecule has 0 amide bonds. The summed E-state index contributed by atoms with van der Waals surface area (Å²) >= 11 is 2.00. The first-order valence-corrected chi connectivity index (χ1v) is 7.34. The summed E-state index contributed by atoms with van der Waals surface area (Å²) in [5, 5.41) is 4.88. The lowest BCUT2D eigenvalue weighted by Gasteiger charge is -2.05. The van der Waals surface area contributed by atoms with Gasteiger partial charge in [-0.25, -0.2) is 4.98 Å². The summed E-state index contributed by atoms with van der Waals surface area (Å²) in [7, 11) is 0. The molecular weight excluding hydrogens is 216 g/mol. The van der Waals surface area contributed by atoms with Gasteiger partial charge in [0, 0.05) is 23.3 Å². The van der Waals surface area contributed by atoms with Crippen molar-refractivity contribution in [2.24, 2.45) is 0 Å². The minimum Gasteiger partial charge on any atom is -0.316 e. The fourth-order valence-electron chi connectivity index (χ4n) is 3.03. The van der Waals surface area contributed by atoms with Crippen LogP contribution < -0.4 is 5.32 Å². The number of hydrogen-bond donors (Lipinski definition) is 1. The topological polar surface area (TPSA) is 24.9 Å². The Morgan fingerprint density at radius 3 is 2.69 bits per heavy atom. The van der Waals surface area contributed by atoms with Crippen LogP contribution in [0.5, 0.6) is 0 Å². The second-order valence-corrected chi connectivity index (χ2v) is 6.24. The summed E-state index contributed by atoms with van der Waals surface area (Å²) in [6, 6.07) is 0. The average molecular weight is 236 g/mol. The molecule has 0 spiro atoms. The zero-order valence-electron chi connectivity index (χ0n) is 9.96. The maximum absolute atomic E-state index is 4.83. The molecule has 1 unspecified atom stereocenters. The van der Waals surface area contributed by atoms with E-state index in [-0.39, 0.29) is 0 Å². The van der Waals surface area contributed by atoms with Crippen molar-refractivity contribution in [1.82, 2.24) is 10.3 Å². The van der Waals surface area contributed by atoms with Crippen LogP contribution in [0, 0.1) is 6.92 Å². The van der Waals surface area contributed by atoms with Crippen LogP contribution in [0.3, 0.4) is 0 Å². The number of thiazole rings is 1. The lowest BCUT2D eigenvalue weighted by molar-refractivity contribution is 0.713. The Hall–Kier alpha value is -0.410. The molecular formula is C13H20N2S. The van der Waals surface area contributed by atoms with Crippen LogP contribution in [0.25, 0.3) is 0 Å². The zero-order chi connectivity index (χ0) is 11.0. The number of nitrogens with zero attached hydrogens (tertiary/aromatic N) is 1. The van der Waals surface area contributed by atoms with Crippen LogP contribution in [-0.4, -0.2) is 18.1 Å². The third-order valence-corrected chi connectivity index (χ3v) is 5.47. The van der Waals surface area contributed by atoms with Crippen molar-refractivity contribution in [3.05, 3.63) is 15.6 Å². The molecule has 2 fully saturated rings. The van der Waals surface area contributed by atoms with Gasteiger partial charge in [-0.1, -0.05) is 12.8 Å². The van der Waals surface area contributed by atoms with E-state index in [9.17, 15) is 0 Å². The molecule has 1 aliphatic carbocycles. The second-order valence-electron chi connectivity index (χ2n) is 5.17. The van der Waals surface area contributed by atoms with E-state index in [0.29, 0.717) is 0 Å². The van der Waals surface area contributed by atoms with E-state index in [0.717, 1.165) is 18.4 Å². The molecule has 0 aromatic carbocycles. The molecule has 2 nitrogen and oxygen atoms in total. The monoisotopic (exact) mass is 236 g/mol. The first-order chi connectivity index (χ1) is 7.84. The molecule has 1 aliphatic heterocycles. The molecule has 2 aliphatic rings. The maximum atomic E-state index is 4.83. The van der Waals surface area contributed by atoms with Crippen LogP contribution in [0.4, 0.5) is 0 Å². The number of rotatable bonds is 2. The van der Waals surface area contributed by atoms with Crippen molar-refractivity contribution < 1.29 is 0 Å². The molecule has 1 aromatic rings. The van der Waals surface area contributed by atoms with Gasteiger partial charge in [0.2, 0.25) is 0 Å². The number of aryl methyl sites for hydroxylation is 1. The summed E-state index contributed by atoms with van der Waals surface area (Å²) in [5.41, 5.74) is 1.31. The Morgan fingerprint density at radius 2 is 2.00 bits per heavy atom. The molecule has 1 saturated carbocycles. The Labute approximate surface area is 101 Å². The van der Waals surface area contributed by atoms with Gasteiger partial charge in [0.05, 0.1) is 10.7 Å². The third kappa shape index (κ3) is 1.91. The first kappa shape index (κ1) is 10.7. The van der Waals surface area contributed by atoms with Crippen molar-refractivity contribution in [2.45, 2.75) is 50.9 Å². The predicted octanol–water partition coefficient (Wildman–Crippen LogP) is 3.19. The van der Waals surface area contributed by atoms with Crippen LogP contribution in [0.15, 0.2) is 0 Å². The van der Waals surface area contributed by atoms with Crippen LogP contribution in [0.2, 0.25) is 0 Å². The minimum absolute atomic E-state index is 0.743. The highest BCUT2D eigenvalue weighted by molar-refractivity contribution is 7.12. The van der Waals surface area contributed by atoms with Gasteiger partial charge in [-0.3, -0.25) is 0 Å². The second kappa shape index (κ2) is 4.46. The molecule has 2 heterocycles. The highest BCUT2D eigenvalue weighted by atomic mass is 32.1. The lowest BCUT2D eigenvalue weighted by Crippen LogP contribution is -2.07. The van der Waals surface area contributed by atoms with E-state index in [4.69, 9.17) is 4.98 Å². The molecule has 1 N–H and O–H groups in total. The van der Waals surface area contributed by atoms with Crippen molar-refractivity contribution in [2.75, 3.05) is 13.1 Å². The minimum atomic E-state index is 0.743. The summed E-state index contributed by atoms with van der Waals surface area (Å²) < 4.78 is 0. The molecule has 1 aromatic heterocycles. The standard InChI is InChI=1S/C13H20N2S/c1-9-12(11-6-7-14-8-11)16-13(15-9)10-4-2-3-5-10/h10-11,14H,2-8H2,1H3. The van der Waals surface area contributed by atoms with E-state index in [1.54, 1.807) is 4.88 Å². The Bertz CT molecular complexity index is 360. The van der Waals surface area contributed by atoms with Crippen molar-refractivity contribution in [3.8, 4) is 0 Å². The molecule has 3 rings (SSSR count). The number of aromatic nitrogens is 1. The summed E-state index contributed by atoms with van der Waals surface area (Å²) in [6.45, 7) is 4.54. The molecule has 1 atom stereocenters. The van der Waals surface area contributed by atoms with Gasteiger partial charge in [0.25, 0.3) is 0 Å². The summed E-state index contributed by atoms with van der Waals surface area (Å²) in [6.07, 6.45) is 6.85. The van der Waals surface area contributed by atoms with Crippen LogP contribution in [0.1, 0.15) is 59.5 Å². The lowest BCUT2D eigenvalue weighted by atomic mass is 10.1. The van der Waals surface area contributed by atoms with E-state index < -0.39 is 0 Å². The van der Waals surface area contributed by atoms with E-state index in [2.05, 4.69) is 12.2 Å². The van der Waals surface area contributed by atoms with Gasteiger partial charge in [-0.05, 0) is 32.7 Å². The third-order valence-electron chi connectivity index (χ3n) is 3.98. The average Bonchev–Trinajstić information content (AvgIpc) is 2.97. The Balaban J connectivity index is 1.83. The number of hydrogen-bond acceptors (Lipinski definition) is 3. The van der Waals surface area contributed by atoms with E-state index in [1.807, 2.05) is 11.3 Å². The fraction of sp³-hybridized carbons (Fsp3) is 0.769. The maximum Gasteiger partial charge on any atom is 0.0961 e. The van der Waals surface area contributed by atoms with E-state index >= 15 is 0 Å². The van der Waals surface area contributed by atoms with Crippen molar-refractivity contribution in [1.29, 1.82) is 0 Å². The summed E-state index contributed by atoms with van der Waals surface area (Å²) in [5.74, 6) is 1.53. The van der Waals surface area contributed by atoms with Crippen LogP contribution >= 0.6 is 11.3 Å². The van der Waals surface area contributed by atoms with E-state index in [1.165, 1.54) is 49.4 Å². The summed E-state index contributed by atoms with van der Waals surface area (Å²) in [4.78, 5) is 6.39. The van der Waals surface area contributed by atoms with Crippen molar-refractivity contribution >= 4 is 11.3 Å².